The van der Waals surface area contributed by atoms with E-state index in [1.54, 1.807) is 25.3 Å². The van der Waals surface area contributed by atoms with Gasteiger partial charge in [-0.2, -0.15) is 0 Å². The lowest BCUT2D eigenvalue weighted by Crippen LogP contribution is -2.31. The van der Waals surface area contributed by atoms with Crippen LogP contribution < -0.4 is 11.1 Å². The van der Waals surface area contributed by atoms with Crippen molar-refractivity contribution in [1.29, 1.82) is 0 Å². The molecule has 0 saturated heterocycles. The van der Waals surface area contributed by atoms with Crippen molar-refractivity contribution >= 4 is 23.2 Å². The summed E-state index contributed by atoms with van der Waals surface area (Å²) >= 11 is 5.81. The molecule has 1 amide bonds. The summed E-state index contributed by atoms with van der Waals surface area (Å²) in [5.74, 6) is -0.141. The fourth-order valence-electron chi connectivity index (χ4n) is 2.11. The van der Waals surface area contributed by atoms with Crippen LogP contribution >= 0.6 is 11.6 Å². The summed E-state index contributed by atoms with van der Waals surface area (Å²) < 4.78 is 5.09. The maximum absolute atomic E-state index is 12.1. The van der Waals surface area contributed by atoms with E-state index >= 15 is 0 Å². The van der Waals surface area contributed by atoms with Crippen LogP contribution in [0.1, 0.15) is 29.6 Å². The lowest BCUT2D eigenvalue weighted by Gasteiger charge is -2.16. The third-order valence-corrected chi connectivity index (χ3v) is 3.91. The van der Waals surface area contributed by atoms with Crippen molar-refractivity contribution in [2.45, 2.75) is 19.3 Å². The number of methoxy groups -OCH3 is 1. The van der Waals surface area contributed by atoms with Crippen LogP contribution in [0.3, 0.4) is 0 Å². The highest BCUT2D eigenvalue weighted by Crippen LogP contribution is 2.48. The second-order valence-electron chi connectivity index (χ2n) is 5.16. The van der Waals surface area contributed by atoms with E-state index in [0.717, 1.165) is 25.9 Å². The monoisotopic (exact) mass is 282 g/mol. The third kappa shape index (κ3) is 3.61. The Hall–Kier alpha value is -1.26. The number of nitrogens with two attached hydrogens (primary N) is 1. The molecule has 3 N–H and O–H groups in total. The van der Waals surface area contributed by atoms with E-state index in [1.807, 2.05) is 0 Å². The summed E-state index contributed by atoms with van der Waals surface area (Å²) in [5.41, 5.74) is 6.91. The van der Waals surface area contributed by atoms with Crippen molar-refractivity contribution in [3.8, 4) is 0 Å². The molecule has 1 saturated carbocycles. The predicted molar refractivity (Wildman–Crippen MR) is 76.4 cm³/mol. The van der Waals surface area contributed by atoms with Gasteiger partial charge in [-0.25, -0.2) is 0 Å². The molecule has 2 rings (SSSR count). The van der Waals surface area contributed by atoms with Crippen LogP contribution in [0.2, 0.25) is 5.02 Å². The fourth-order valence-corrected chi connectivity index (χ4v) is 2.29. The first-order valence-corrected chi connectivity index (χ1v) is 6.76. The van der Waals surface area contributed by atoms with Gasteiger partial charge in [0.05, 0.1) is 5.56 Å². The van der Waals surface area contributed by atoms with Gasteiger partial charge in [-0.1, -0.05) is 11.6 Å². The molecule has 1 aliphatic carbocycles. The van der Waals surface area contributed by atoms with Crippen LogP contribution in [0.25, 0.3) is 0 Å². The lowest BCUT2D eigenvalue weighted by atomic mass is 10.0. The van der Waals surface area contributed by atoms with Crippen LogP contribution in [0.5, 0.6) is 0 Å². The van der Waals surface area contributed by atoms with Gasteiger partial charge in [0.1, 0.15) is 0 Å². The van der Waals surface area contributed by atoms with Crippen LogP contribution in [0.4, 0.5) is 5.69 Å². The Morgan fingerprint density at radius 1 is 1.53 bits per heavy atom. The maximum atomic E-state index is 12.1. The second kappa shape index (κ2) is 5.80. The molecule has 0 bridgehead atoms. The maximum Gasteiger partial charge on any atom is 0.253 e. The molecule has 1 fully saturated rings. The van der Waals surface area contributed by atoms with Gasteiger partial charge in [-0.05, 0) is 42.9 Å². The Morgan fingerprint density at radius 2 is 2.26 bits per heavy atom. The first-order valence-electron chi connectivity index (χ1n) is 6.38. The highest BCUT2D eigenvalue weighted by atomic mass is 35.5. The Bertz CT molecular complexity index is 473. The molecular weight excluding hydrogens is 264 g/mol. The first kappa shape index (κ1) is 14.2. The van der Waals surface area contributed by atoms with E-state index in [4.69, 9.17) is 22.1 Å². The van der Waals surface area contributed by atoms with Gasteiger partial charge in [-0.3, -0.25) is 4.79 Å². The topological polar surface area (TPSA) is 64.3 Å². The van der Waals surface area contributed by atoms with Gasteiger partial charge < -0.3 is 15.8 Å². The largest absolute Gasteiger partial charge is 0.398 e. The number of benzene rings is 1. The number of ether oxygens (including phenoxy) is 1. The standard InChI is InChI=1S/C14H19ClN2O2/c1-19-7-6-14(4-5-14)9-17-13(18)11-3-2-10(15)8-12(11)16/h2-3,8H,4-7,9,16H2,1H3,(H,17,18). The van der Waals surface area contributed by atoms with Crippen molar-refractivity contribution in [3.63, 3.8) is 0 Å². The summed E-state index contributed by atoms with van der Waals surface area (Å²) in [6.07, 6.45) is 3.28. The summed E-state index contributed by atoms with van der Waals surface area (Å²) in [6.45, 7) is 1.41. The molecule has 1 aromatic carbocycles. The van der Waals surface area contributed by atoms with Crippen LogP contribution in [-0.4, -0.2) is 26.2 Å². The molecule has 0 unspecified atom stereocenters. The highest BCUT2D eigenvalue weighted by molar-refractivity contribution is 6.31. The van der Waals surface area contributed by atoms with Gasteiger partial charge in [-0.15, -0.1) is 0 Å². The zero-order chi connectivity index (χ0) is 13.9. The van der Waals surface area contributed by atoms with E-state index in [1.165, 1.54) is 0 Å². The summed E-state index contributed by atoms with van der Waals surface area (Å²) in [7, 11) is 1.70. The first-order chi connectivity index (χ1) is 9.06. The number of anilines is 1. The fraction of sp³-hybridized carbons (Fsp3) is 0.500. The van der Waals surface area contributed by atoms with Crippen molar-refractivity contribution in [3.05, 3.63) is 28.8 Å². The van der Waals surface area contributed by atoms with Crippen LogP contribution in [0, 0.1) is 5.41 Å². The van der Waals surface area contributed by atoms with Gasteiger partial charge >= 0.3 is 0 Å². The molecule has 1 aliphatic rings. The molecule has 19 heavy (non-hydrogen) atoms. The molecule has 0 radical (unpaired) electrons. The van der Waals surface area contributed by atoms with Crippen LogP contribution in [-0.2, 0) is 4.74 Å². The van der Waals surface area contributed by atoms with Crippen molar-refractivity contribution in [2.75, 3.05) is 26.0 Å². The average Bonchev–Trinajstić information content (AvgIpc) is 3.14. The zero-order valence-corrected chi connectivity index (χ0v) is 11.8. The molecule has 0 spiro atoms. The van der Waals surface area contributed by atoms with Gasteiger partial charge in [0.2, 0.25) is 0 Å². The van der Waals surface area contributed by atoms with Gasteiger partial charge in [0, 0.05) is 31.0 Å². The summed E-state index contributed by atoms with van der Waals surface area (Å²) in [6, 6.07) is 4.92. The second-order valence-corrected chi connectivity index (χ2v) is 5.59. The van der Waals surface area contributed by atoms with E-state index in [-0.39, 0.29) is 11.3 Å². The van der Waals surface area contributed by atoms with Crippen molar-refractivity contribution in [1.82, 2.24) is 5.32 Å². The molecule has 4 nitrogen and oxygen atoms in total. The van der Waals surface area contributed by atoms with E-state index < -0.39 is 0 Å². The normalized spacial score (nSPS) is 16.1. The quantitative estimate of drug-likeness (QED) is 0.788. The average molecular weight is 283 g/mol. The lowest BCUT2D eigenvalue weighted by molar-refractivity contribution is 0.0939. The number of carbonyl (C=O) groups excluding carboxylic acids is 1. The number of rotatable bonds is 6. The molecule has 1 aromatic rings. The third-order valence-electron chi connectivity index (χ3n) is 3.68. The minimum absolute atomic E-state index is 0.141. The number of nitrogens with one attached hydrogen (secondary N) is 1. The number of hydrogen-bond acceptors (Lipinski definition) is 3. The van der Waals surface area contributed by atoms with Gasteiger partial charge in [0.15, 0.2) is 0 Å². The Balaban J connectivity index is 1.91. The number of amides is 1. The van der Waals surface area contributed by atoms with E-state index in [0.29, 0.717) is 22.8 Å². The summed E-state index contributed by atoms with van der Waals surface area (Å²) in [4.78, 5) is 12.1. The minimum atomic E-state index is -0.141. The van der Waals surface area contributed by atoms with Gasteiger partial charge in [0.25, 0.3) is 5.91 Å². The molecule has 0 heterocycles. The molecular formula is C14H19ClN2O2. The number of nitrogen functional groups attached to an aromatic ring is 1. The molecule has 0 aromatic heterocycles. The number of halogens is 1. The Kier molecular flexibility index (Phi) is 4.32. The smallest absolute Gasteiger partial charge is 0.253 e. The highest BCUT2D eigenvalue weighted by Gasteiger charge is 2.42. The number of hydrogen-bond donors (Lipinski definition) is 2. The Labute approximate surface area is 118 Å². The number of carbonyl (C=O) groups is 1. The Morgan fingerprint density at radius 3 is 2.84 bits per heavy atom. The zero-order valence-electron chi connectivity index (χ0n) is 11.0. The molecule has 0 aliphatic heterocycles. The molecule has 104 valence electrons. The van der Waals surface area contributed by atoms with E-state index in [2.05, 4.69) is 5.32 Å². The van der Waals surface area contributed by atoms with Crippen molar-refractivity contribution in [2.24, 2.45) is 5.41 Å². The van der Waals surface area contributed by atoms with Crippen LogP contribution in [0.15, 0.2) is 18.2 Å². The summed E-state index contributed by atoms with van der Waals surface area (Å²) in [5, 5.41) is 3.49. The molecule has 5 heteroatoms. The minimum Gasteiger partial charge on any atom is -0.398 e. The van der Waals surface area contributed by atoms with Crippen molar-refractivity contribution < 1.29 is 9.53 Å². The SMILES string of the molecule is COCCC1(CNC(=O)c2ccc(Cl)cc2N)CC1. The van der Waals surface area contributed by atoms with E-state index in [9.17, 15) is 4.79 Å². The molecule has 0 atom stereocenters. The predicted octanol–water partition coefficient (Wildman–Crippen LogP) is 2.47.